The maximum Gasteiger partial charge on any atom is 0.290 e. The molecule has 0 aliphatic rings. The van der Waals surface area contributed by atoms with Crippen molar-refractivity contribution in [2.75, 3.05) is 5.32 Å². The molecular weight excluding hydrogens is 238 g/mol. The summed E-state index contributed by atoms with van der Waals surface area (Å²) >= 11 is 5.75. The highest BCUT2D eigenvalue weighted by atomic mass is 35.5. The molecule has 0 amide bonds. The summed E-state index contributed by atoms with van der Waals surface area (Å²) in [5.74, 6) is 0.807. The van der Waals surface area contributed by atoms with Crippen molar-refractivity contribution >= 4 is 17.4 Å². The number of anilines is 1. The third-order valence-electron chi connectivity index (χ3n) is 2.31. The Balaban J connectivity index is 2.07. The first-order valence-electron chi connectivity index (χ1n) is 5.21. The van der Waals surface area contributed by atoms with E-state index in [1.54, 1.807) is 6.20 Å². The number of benzene rings is 1. The lowest BCUT2D eigenvalue weighted by molar-refractivity contribution is 1.06. The first-order valence-corrected chi connectivity index (χ1v) is 5.74. The zero-order valence-corrected chi connectivity index (χ0v) is 9.87. The van der Waals surface area contributed by atoms with Gasteiger partial charge in [0.15, 0.2) is 5.82 Å². The number of alkyl halides is 1. The summed E-state index contributed by atoms with van der Waals surface area (Å²) < 4.78 is 0. The number of halogens is 1. The number of hydrogen-bond acceptors (Lipinski definition) is 3. The Morgan fingerprint density at radius 3 is 2.94 bits per heavy atom. The fourth-order valence-electron chi connectivity index (χ4n) is 1.49. The molecule has 0 fully saturated rings. The van der Waals surface area contributed by atoms with E-state index in [0.29, 0.717) is 18.2 Å². The number of rotatable bonds is 4. The SMILES string of the molecule is O=c1[nH]ccnc1NCc1cccc(CCl)c1. The molecule has 88 valence electrons. The fraction of sp³-hybridized carbons (Fsp3) is 0.167. The van der Waals surface area contributed by atoms with Gasteiger partial charge in [0, 0.05) is 24.8 Å². The van der Waals surface area contributed by atoms with Crippen LogP contribution in [0.25, 0.3) is 0 Å². The number of H-pyrrole nitrogens is 1. The van der Waals surface area contributed by atoms with Crippen LogP contribution in [0.15, 0.2) is 41.5 Å². The van der Waals surface area contributed by atoms with Crippen LogP contribution in [0.3, 0.4) is 0 Å². The largest absolute Gasteiger partial charge is 0.361 e. The van der Waals surface area contributed by atoms with Gasteiger partial charge in [-0.25, -0.2) is 4.98 Å². The van der Waals surface area contributed by atoms with Crippen LogP contribution >= 0.6 is 11.6 Å². The Morgan fingerprint density at radius 2 is 2.18 bits per heavy atom. The minimum Gasteiger partial charge on any atom is -0.361 e. The number of aromatic nitrogens is 2. The van der Waals surface area contributed by atoms with Crippen LogP contribution in [0, 0.1) is 0 Å². The van der Waals surface area contributed by atoms with E-state index in [1.165, 1.54) is 6.20 Å². The Labute approximate surface area is 104 Å². The van der Waals surface area contributed by atoms with E-state index in [1.807, 2.05) is 24.3 Å². The van der Waals surface area contributed by atoms with E-state index < -0.39 is 0 Å². The average Bonchev–Trinajstić information content (AvgIpc) is 2.38. The molecule has 0 saturated carbocycles. The van der Waals surface area contributed by atoms with Crippen molar-refractivity contribution < 1.29 is 0 Å². The lowest BCUT2D eigenvalue weighted by atomic mass is 10.1. The number of nitrogens with one attached hydrogen (secondary N) is 2. The summed E-state index contributed by atoms with van der Waals surface area (Å²) in [6, 6.07) is 7.87. The molecule has 0 bridgehead atoms. The third kappa shape index (κ3) is 3.07. The molecule has 0 atom stereocenters. The van der Waals surface area contributed by atoms with Gasteiger partial charge in [0.2, 0.25) is 0 Å². The van der Waals surface area contributed by atoms with Crippen LogP contribution in [-0.4, -0.2) is 9.97 Å². The average molecular weight is 250 g/mol. The van der Waals surface area contributed by atoms with E-state index in [-0.39, 0.29) is 5.56 Å². The summed E-state index contributed by atoms with van der Waals surface area (Å²) in [7, 11) is 0. The van der Waals surface area contributed by atoms with Gasteiger partial charge >= 0.3 is 0 Å². The van der Waals surface area contributed by atoms with Gasteiger partial charge in [-0.3, -0.25) is 4.79 Å². The van der Waals surface area contributed by atoms with E-state index in [2.05, 4.69) is 15.3 Å². The van der Waals surface area contributed by atoms with Gasteiger partial charge in [-0.15, -0.1) is 11.6 Å². The van der Waals surface area contributed by atoms with Crippen molar-refractivity contribution in [1.29, 1.82) is 0 Å². The van der Waals surface area contributed by atoms with Crippen molar-refractivity contribution in [3.8, 4) is 0 Å². The Morgan fingerprint density at radius 1 is 1.35 bits per heavy atom. The molecule has 0 radical (unpaired) electrons. The Hall–Kier alpha value is -1.81. The molecule has 17 heavy (non-hydrogen) atoms. The molecule has 0 aliphatic heterocycles. The molecule has 0 spiro atoms. The molecule has 1 heterocycles. The maximum atomic E-state index is 11.4. The lowest BCUT2D eigenvalue weighted by Gasteiger charge is -2.05. The molecule has 1 aromatic heterocycles. The van der Waals surface area contributed by atoms with Gasteiger partial charge in [0.25, 0.3) is 5.56 Å². The second-order valence-corrected chi connectivity index (χ2v) is 3.84. The predicted octanol–water partition coefficient (Wildman–Crippen LogP) is 2.12. The molecule has 0 saturated heterocycles. The van der Waals surface area contributed by atoms with Crippen molar-refractivity contribution in [2.45, 2.75) is 12.4 Å². The predicted molar refractivity (Wildman–Crippen MR) is 68.2 cm³/mol. The molecule has 2 rings (SSSR count). The first-order chi connectivity index (χ1) is 8.29. The number of aromatic amines is 1. The molecule has 1 aromatic carbocycles. The van der Waals surface area contributed by atoms with Crippen molar-refractivity contribution in [1.82, 2.24) is 9.97 Å². The second-order valence-electron chi connectivity index (χ2n) is 3.57. The summed E-state index contributed by atoms with van der Waals surface area (Å²) in [6.45, 7) is 0.546. The van der Waals surface area contributed by atoms with Crippen LogP contribution < -0.4 is 10.9 Å². The number of nitrogens with zero attached hydrogens (tertiary/aromatic N) is 1. The van der Waals surface area contributed by atoms with Crippen molar-refractivity contribution in [3.05, 3.63) is 58.1 Å². The van der Waals surface area contributed by atoms with E-state index in [0.717, 1.165) is 11.1 Å². The standard InChI is InChI=1S/C12H12ClN3O/c13-7-9-2-1-3-10(6-9)8-16-11-12(17)15-5-4-14-11/h1-6H,7-8H2,(H,14,16)(H,15,17). The first kappa shape index (κ1) is 11.7. The zero-order chi connectivity index (χ0) is 12.1. The summed E-state index contributed by atoms with van der Waals surface area (Å²) in [4.78, 5) is 17.9. The van der Waals surface area contributed by atoms with Gasteiger partial charge in [-0.05, 0) is 11.1 Å². The summed E-state index contributed by atoms with van der Waals surface area (Å²) in [6.07, 6.45) is 3.04. The Bertz CT molecular complexity index is 553. The zero-order valence-electron chi connectivity index (χ0n) is 9.11. The molecule has 0 aliphatic carbocycles. The van der Waals surface area contributed by atoms with Crippen LogP contribution in [-0.2, 0) is 12.4 Å². The monoisotopic (exact) mass is 249 g/mol. The third-order valence-corrected chi connectivity index (χ3v) is 2.62. The van der Waals surface area contributed by atoms with Gasteiger partial charge in [-0.2, -0.15) is 0 Å². The van der Waals surface area contributed by atoms with Gasteiger partial charge < -0.3 is 10.3 Å². The van der Waals surface area contributed by atoms with Crippen molar-refractivity contribution in [2.24, 2.45) is 0 Å². The Kier molecular flexibility index (Phi) is 3.77. The van der Waals surface area contributed by atoms with Gasteiger partial charge in [0.05, 0.1) is 0 Å². The molecule has 4 nitrogen and oxygen atoms in total. The van der Waals surface area contributed by atoms with Crippen molar-refractivity contribution in [3.63, 3.8) is 0 Å². The van der Waals surface area contributed by atoms with E-state index >= 15 is 0 Å². The highest BCUT2D eigenvalue weighted by molar-refractivity contribution is 6.17. The lowest BCUT2D eigenvalue weighted by Crippen LogP contribution is -2.15. The van der Waals surface area contributed by atoms with Crippen LogP contribution in [0.5, 0.6) is 0 Å². The van der Waals surface area contributed by atoms with Crippen LogP contribution in [0.4, 0.5) is 5.82 Å². The topological polar surface area (TPSA) is 57.8 Å². The highest BCUT2D eigenvalue weighted by Crippen LogP contribution is 2.08. The number of hydrogen-bond donors (Lipinski definition) is 2. The van der Waals surface area contributed by atoms with Crippen LogP contribution in [0.1, 0.15) is 11.1 Å². The van der Waals surface area contributed by atoms with Gasteiger partial charge in [-0.1, -0.05) is 24.3 Å². The molecule has 5 heteroatoms. The quantitative estimate of drug-likeness (QED) is 0.816. The second kappa shape index (κ2) is 5.50. The maximum absolute atomic E-state index is 11.4. The summed E-state index contributed by atoms with van der Waals surface area (Å²) in [5, 5.41) is 2.98. The van der Waals surface area contributed by atoms with E-state index in [4.69, 9.17) is 11.6 Å². The normalized spacial score (nSPS) is 10.2. The minimum absolute atomic E-state index is 0.221. The van der Waals surface area contributed by atoms with Gasteiger partial charge in [0.1, 0.15) is 0 Å². The van der Waals surface area contributed by atoms with Crippen LogP contribution in [0.2, 0.25) is 0 Å². The fourth-order valence-corrected chi connectivity index (χ4v) is 1.65. The molecule has 2 aromatic rings. The highest BCUT2D eigenvalue weighted by Gasteiger charge is 2.00. The molecule has 2 N–H and O–H groups in total. The molecule has 0 unspecified atom stereocenters. The smallest absolute Gasteiger partial charge is 0.290 e. The van der Waals surface area contributed by atoms with E-state index in [9.17, 15) is 4.79 Å². The molecular formula is C12H12ClN3O. The summed E-state index contributed by atoms with van der Waals surface area (Å²) in [5.41, 5.74) is 1.90. The minimum atomic E-state index is -0.221.